The van der Waals surface area contributed by atoms with Gasteiger partial charge in [-0.3, -0.25) is 9.59 Å². The Morgan fingerprint density at radius 3 is 2.62 bits per heavy atom. The minimum atomic E-state index is -1.04. The second kappa shape index (κ2) is 12.5. The molecule has 1 aromatic rings. The van der Waals surface area contributed by atoms with Gasteiger partial charge in [-0.25, -0.2) is 4.39 Å². The van der Waals surface area contributed by atoms with Crippen molar-refractivity contribution in [3.63, 3.8) is 0 Å². The fraction of sp³-hybridized carbons (Fsp3) is 0.520. The van der Waals surface area contributed by atoms with Crippen molar-refractivity contribution in [1.82, 2.24) is 10.6 Å². The molecule has 0 spiro atoms. The topological polar surface area (TPSA) is 87.7 Å². The van der Waals surface area contributed by atoms with Crippen LogP contribution in [0, 0.1) is 5.41 Å². The fourth-order valence-electron chi connectivity index (χ4n) is 3.39. The number of ether oxygens (including phenoxy) is 1. The Morgan fingerprint density at radius 2 is 1.94 bits per heavy atom. The monoisotopic (exact) mass is 446 g/mol. The minimum Gasteiger partial charge on any atom is -0.364 e. The summed E-state index contributed by atoms with van der Waals surface area (Å²) in [5, 5.41) is 15.8. The molecule has 1 unspecified atom stereocenters. The van der Waals surface area contributed by atoms with E-state index in [1.807, 2.05) is 45.0 Å². The molecule has 0 fully saturated rings. The third-order valence-corrected chi connectivity index (χ3v) is 5.19. The largest absolute Gasteiger partial charge is 0.364 e. The molecule has 32 heavy (non-hydrogen) atoms. The van der Waals surface area contributed by atoms with Crippen molar-refractivity contribution in [3.05, 3.63) is 59.4 Å². The van der Waals surface area contributed by atoms with Crippen molar-refractivity contribution in [3.8, 4) is 0 Å². The summed E-state index contributed by atoms with van der Waals surface area (Å²) in [5.74, 6) is -0.466. The number of rotatable bonds is 12. The van der Waals surface area contributed by atoms with Crippen molar-refractivity contribution < 1.29 is 23.8 Å². The molecule has 0 aliphatic heterocycles. The number of benzene rings is 1. The molecule has 7 heteroatoms. The van der Waals surface area contributed by atoms with Gasteiger partial charge in [0.2, 0.25) is 11.8 Å². The standard InChI is InChI=1S/C25H35FN2O4/c1-18(28-22(29)14-13-19-9-7-8-12-21(19)26)16-27-23(30)15-25(2,3)17-32-24(31)20-10-5-4-6-11-20/h4-7,9-11,18,24,31H,8,12-17H2,1-3H3,(H,27,30)(H,28,29)/t18-,24?/m0/s1. The molecule has 0 saturated heterocycles. The van der Waals surface area contributed by atoms with Crippen LogP contribution < -0.4 is 10.6 Å². The van der Waals surface area contributed by atoms with E-state index in [1.165, 1.54) is 0 Å². The molecule has 0 heterocycles. The van der Waals surface area contributed by atoms with E-state index in [4.69, 9.17) is 4.74 Å². The number of carbonyl (C=O) groups is 2. The van der Waals surface area contributed by atoms with Crippen LogP contribution in [0.4, 0.5) is 4.39 Å². The Labute approximate surface area is 189 Å². The normalized spacial score (nSPS) is 15.9. The zero-order valence-electron chi connectivity index (χ0n) is 19.2. The highest BCUT2D eigenvalue weighted by Gasteiger charge is 2.24. The molecule has 0 radical (unpaired) electrons. The zero-order valence-corrected chi connectivity index (χ0v) is 19.2. The van der Waals surface area contributed by atoms with Gasteiger partial charge in [0.25, 0.3) is 0 Å². The van der Waals surface area contributed by atoms with Crippen LogP contribution in [0.5, 0.6) is 0 Å². The van der Waals surface area contributed by atoms with E-state index < -0.39 is 11.7 Å². The average molecular weight is 447 g/mol. The van der Waals surface area contributed by atoms with E-state index in [2.05, 4.69) is 10.6 Å². The molecule has 1 aliphatic carbocycles. The lowest BCUT2D eigenvalue weighted by molar-refractivity contribution is -0.136. The van der Waals surface area contributed by atoms with Crippen LogP contribution in [-0.2, 0) is 14.3 Å². The van der Waals surface area contributed by atoms with Gasteiger partial charge in [0, 0.05) is 37.4 Å². The maximum Gasteiger partial charge on any atom is 0.220 e. The van der Waals surface area contributed by atoms with Crippen LogP contribution in [0.25, 0.3) is 0 Å². The minimum absolute atomic E-state index is 0.136. The Balaban J connectivity index is 1.66. The zero-order chi connectivity index (χ0) is 23.6. The summed E-state index contributed by atoms with van der Waals surface area (Å²) in [5.41, 5.74) is 0.780. The first-order chi connectivity index (χ1) is 15.2. The van der Waals surface area contributed by atoms with Crippen molar-refractivity contribution in [2.24, 2.45) is 5.41 Å². The van der Waals surface area contributed by atoms with Gasteiger partial charge in [-0.05, 0) is 30.8 Å². The Hall–Kier alpha value is -2.51. The predicted molar refractivity (Wildman–Crippen MR) is 122 cm³/mol. The third-order valence-electron chi connectivity index (χ3n) is 5.19. The Kier molecular flexibility index (Phi) is 10.1. The van der Waals surface area contributed by atoms with Gasteiger partial charge in [-0.2, -0.15) is 0 Å². The molecule has 0 saturated carbocycles. The first kappa shape index (κ1) is 25.7. The van der Waals surface area contributed by atoms with Crippen molar-refractivity contribution in [1.29, 1.82) is 0 Å². The van der Waals surface area contributed by atoms with Gasteiger partial charge >= 0.3 is 0 Å². The highest BCUT2D eigenvalue weighted by molar-refractivity contribution is 5.78. The number of aliphatic hydroxyl groups excluding tert-OH is 1. The van der Waals surface area contributed by atoms with E-state index in [0.717, 1.165) is 0 Å². The van der Waals surface area contributed by atoms with Gasteiger partial charge in [0.15, 0.2) is 6.29 Å². The molecule has 3 N–H and O–H groups in total. The summed E-state index contributed by atoms with van der Waals surface area (Å²) < 4.78 is 19.3. The van der Waals surface area contributed by atoms with E-state index in [1.54, 1.807) is 18.2 Å². The van der Waals surface area contributed by atoms with Crippen LogP contribution >= 0.6 is 0 Å². The first-order valence-electron chi connectivity index (χ1n) is 11.1. The van der Waals surface area contributed by atoms with Gasteiger partial charge in [-0.15, -0.1) is 0 Å². The second-order valence-electron chi connectivity index (χ2n) is 9.06. The summed E-state index contributed by atoms with van der Waals surface area (Å²) in [7, 11) is 0. The summed E-state index contributed by atoms with van der Waals surface area (Å²) in [4.78, 5) is 24.4. The summed E-state index contributed by atoms with van der Waals surface area (Å²) in [6, 6.07) is 8.82. The molecule has 1 aliphatic rings. The van der Waals surface area contributed by atoms with Gasteiger partial charge in [0.1, 0.15) is 5.83 Å². The van der Waals surface area contributed by atoms with Crippen LogP contribution in [0.1, 0.15) is 64.7 Å². The van der Waals surface area contributed by atoms with Crippen molar-refractivity contribution in [2.45, 2.75) is 65.2 Å². The van der Waals surface area contributed by atoms with E-state index in [-0.39, 0.29) is 43.1 Å². The summed E-state index contributed by atoms with van der Waals surface area (Å²) in [6.07, 6.45) is 4.54. The number of hydrogen-bond acceptors (Lipinski definition) is 4. The summed E-state index contributed by atoms with van der Waals surface area (Å²) in [6.45, 7) is 6.10. The lowest BCUT2D eigenvalue weighted by Crippen LogP contribution is -2.42. The average Bonchev–Trinajstić information content (AvgIpc) is 2.76. The highest BCUT2D eigenvalue weighted by atomic mass is 19.1. The van der Waals surface area contributed by atoms with Crippen molar-refractivity contribution in [2.75, 3.05) is 13.2 Å². The SMILES string of the molecule is C[C@@H](CNC(=O)CC(C)(C)COC(O)c1ccccc1)NC(=O)CCC1=C(F)CCC=C1. The Bertz CT molecular complexity index is 820. The van der Waals surface area contributed by atoms with Crippen LogP contribution in [0.3, 0.4) is 0 Å². The van der Waals surface area contributed by atoms with Gasteiger partial charge in [-0.1, -0.05) is 56.3 Å². The first-order valence-corrected chi connectivity index (χ1v) is 11.1. The Morgan fingerprint density at radius 1 is 1.22 bits per heavy atom. The smallest absolute Gasteiger partial charge is 0.220 e. The maximum absolute atomic E-state index is 13.7. The van der Waals surface area contributed by atoms with Crippen molar-refractivity contribution >= 4 is 11.8 Å². The molecule has 0 bridgehead atoms. The number of allylic oxidation sites excluding steroid dienone is 4. The van der Waals surface area contributed by atoms with E-state index in [0.29, 0.717) is 36.9 Å². The van der Waals surface area contributed by atoms with Gasteiger partial charge in [0.05, 0.1) is 6.61 Å². The van der Waals surface area contributed by atoms with Gasteiger partial charge < -0.3 is 20.5 Å². The van der Waals surface area contributed by atoms with Crippen LogP contribution in [0.2, 0.25) is 0 Å². The number of carbonyl (C=O) groups excluding carboxylic acids is 2. The fourth-order valence-corrected chi connectivity index (χ4v) is 3.39. The predicted octanol–water partition coefficient (Wildman–Crippen LogP) is 4.09. The lowest BCUT2D eigenvalue weighted by Gasteiger charge is -2.26. The number of halogens is 1. The lowest BCUT2D eigenvalue weighted by atomic mass is 9.90. The highest BCUT2D eigenvalue weighted by Crippen LogP contribution is 2.25. The van der Waals surface area contributed by atoms with Crippen LogP contribution in [0.15, 0.2) is 53.9 Å². The molecule has 1 aromatic carbocycles. The molecular formula is C25H35FN2O4. The number of nitrogens with one attached hydrogen (secondary N) is 2. The molecule has 2 rings (SSSR count). The molecule has 2 atom stereocenters. The van der Waals surface area contributed by atoms with E-state index in [9.17, 15) is 19.1 Å². The molecular weight excluding hydrogens is 411 g/mol. The quantitative estimate of drug-likeness (QED) is 0.422. The molecule has 6 nitrogen and oxygen atoms in total. The number of hydrogen-bond donors (Lipinski definition) is 3. The van der Waals surface area contributed by atoms with E-state index >= 15 is 0 Å². The summed E-state index contributed by atoms with van der Waals surface area (Å²) >= 11 is 0. The maximum atomic E-state index is 13.7. The second-order valence-corrected chi connectivity index (χ2v) is 9.06. The third kappa shape index (κ3) is 9.32. The molecule has 0 aromatic heterocycles. The number of aliphatic hydroxyl groups is 1. The number of amides is 2. The van der Waals surface area contributed by atoms with Crippen LogP contribution in [-0.4, -0.2) is 36.1 Å². The molecule has 2 amide bonds. The molecule has 176 valence electrons.